The molecule has 140 valence electrons. The van der Waals surface area contributed by atoms with Crippen molar-refractivity contribution < 1.29 is 4.79 Å². The van der Waals surface area contributed by atoms with E-state index in [9.17, 15) is 4.79 Å². The van der Waals surface area contributed by atoms with E-state index in [1.807, 2.05) is 18.3 Å². The van der Waals surface area contributed by atoms with Gasteiger partial charge >= 0.3 is 0 Å². The quantitative estimate of drug-likeness (QED) is 0.425. The number of nitrogens with zero attached hydrogens (tertiary/aromatic N) is 1. The number of fused-ring (bicyclic) bond motifs is 4. The Balaban J connectivity index is 1.83. The van der Waals surface area contributed by atoms with E-state index in [1.54, 1.807) is 0 Å². The molecule has 0 unspecified atom stereocenters. The van der Waals surface area contributed by atoms with Crippen LogP contribution in [0.1, 0.15) is 43.9 Å². The summed E-state index contributed by atoms with van der Waals surface area (Å²) < 4.78 is 1.17. The highest BCUT2D eigenvalue weighted by molar-refractivity contribution is 14.1. The number of rotatable bonds is 1. The summed E-state index contributed by atoms with van der Waals surface area (Å²) in [7, 11) is 0. The number of hydrogen-bond donors (Lipinski definition) is 1. The second-order valence-electron chi connectivity index (χ2n) is 8.49. The molecule has 3 aromatic rings. The summed E-state index contributed by atoms with van der Waals surface area (Å²) in [6, 6.07) is 16.5. The minimum atomic E-state index is -0.103. The van der Waals surface area contributed by atoms with E-state index in [-0.39, 0.29) is 17.2 Å². The molecule has 0 saturated heterocycles. The van der Waals surface area contributed by atoms with Gasteiger partial charge in [-0.1, -0.05) is 38.1 Å². The molecule has 1 atom stereocenters. The zero-order chi connectivity index (χ0) is 19.5. The second kappa shape index (κ2) is 6.41. The Morgan fingerprint density at radius 3 is 2.71 bits per heavy atom. The van der Waals surface area contributed by atoms with Crippen LogP contribution in [0.4, 0.5) is 5.69 Å². The van der Waals surface area contributed by atoms with Crippen LogP contribution in [-0.2, 0) is 4.79 Å². The Hall–Kier alpha value is -2.21. The van der Waals surface area contributed by atoms with Gasteiger partial charge in [0.2, 0.25) is 0 Å². The van der Waals surface area contributed by atoms with Crippen molar-refractivity contribution in [2.24, 2.45) is 5.41 Å². The number of carbonyl (C=O) groups is 1. The minimum Gasteiger partial charge on any atom is -0.373 e. The molecule has 1 N–H and O–H groups in total. The zero-order valence-corrected chi connectivity index (χ0v) is 18.1. The lowest BCUT2D eigenvalue weighted by atomic mass is 9.68. The number of anilines is 1. The molecule has 2 aromatic carbocycles. The van der Waals surface area contributed by atoms with Crippen LogP contribution < -0.4 is 5.32 Å². The van der Waals surface area contributed by atoms with Gasteiger partial charge in [-0.25, -0.2) is 0 Å². The first-order chi connectivity index (χ1) is 13.4. The van der Waals surface area contributed by atoms with Crippen molar-refractivity contribution in [1.29, 1.82) is 0 Å². The number of aromatic nitrogens is 1. The van der Waals surface area contributed by atoms with Crippen LogP contribution in [-0.4, -0.2) is 10.8 Å². The largest absolute Gasteiger partial charge is 0.373 e. The predicted octanol–water partition coefficient (Wildman–Crippen LogP) is 6.15. The summed E-state index contributed by atoms with van der Waals surface area (Å²) in [6.07, 6.45) is 3.31. The van der Waals surface area contributed by atoms with Crippen LogP contribution >= 0.6 is 22.6 Å². The lowest BCUT2D eigenvalue weighted by molar-refractivity contribution is -0.118. The summed E-state index contributed by atoms with van der Waals surface area (Å²) in [5.74, 6) is 0.259. The van der Waals surface area contributed by atoms with Crippen molar-refractivity contribution in [3.63, 3.8) is 0 Å². The van der Waals surface area contributed by atoms with Crippen molar-refractivity contribution in [3.05, 3.63) is 75.0 Å². The van der Waals surface area contributed by atoms with Gasteiger partial charge in [-0.15, -0.1) is 0 Å². The van der Waals surface area contributed by atoms with Gasteiger partial charge < -0.3 is 5.32 Å². The standard InChI is InChI=1S/C24H21IN2O/c1-24(2)12-16-21-15-7-5-11-26-18(15)9-10-19(21)27-23(22(16)20(28)13-24)14-6-3-4-8-17(14)25/h3-11,23,27H,12-13H2,1-2H3/t23-/m1/s1. The Bertz CT molecular complexity index is 1160. The molecule has 28 heavy (non-hydrogen) atoms. The van der Waals surface area contributed by atoms with Crippen LogP contribution in [0.15, 0.2) is 60.3 Å². The van der Waals surface area contributed by atoms with Gasteiger partial charge in [0.1, 0.15) is 0 Å². The number of halogens is 1. The minimum absolute atomic E-state index is 0.0384. The molecule has 2 aliphatic rings. The first-order valence-corrected chi connectivity index (χ1v) is 10.7. The fourth-order valence-corrected chi connectivity index (χ4v) is 5.36. The normalized spacial score (nSPS) is 20.5. The van der Waals surface area contributed by atoms with Gasteiger partial charge in [0, 0.05) is 38.4 Å². The maximum atomic E-state index is 13.4. The zero-order valence-electron chi connectivity index (χ0n) is 15.9. The third-order valence-electron chi connectivity index (χ3n) is 5.81. The monoisotopic (exact) mass is 480 g/mol. The van der Waals surface area contributed by atoms with Crippen LogP contribution in [0.5, 0.6) is 0 Å². The van der Waals surface area contributed by atoms with E-state index in [2.05, 4.69) is 83.1 Å². The number of benzene rings is 2. The smallest absolute Gasteiger partial charge is 0.162 e. The fourth-order valence-electron chi connectivity index (χ4n) is 4.66. The Morgan fingerprint density at radius 2 is 1.89 bits per heavy atom. The molecule has 0 saturated carbocycles. The van der Waals surface area contributed by atoms with Crippen LogP contribution in [0.2, 0.25) is 0 Å². The van der Waals surface area contributed by atoms with E-state index >= 15 is 0 Å². The SMILES string of the molecule is CC1(C)CC(=O)C2=C(C1)c1c(ccc3ncccc13)N[C@@H]2c1ccccc1I. The number of hydrogen-bond acceptors (Lipinski definition) is 3. The number of Topliss-reactive ketones (excluding diaryl/α,β-unsaturated/α-hetero) is 1. The fraction of sp³-hybridized carbons (Fsp3) is 0.250. The van der Waals surface area contributed by atoms with Gasteiger partial charge in [0.25, 0.3) is 0 Å². The molecule has 0 amide bonds. The summed E-state index contributed by atoms with van der Waals surface area (Å²) in [4.78, 5) is 17.9. The maximum absolute atomic E-state index is 13.4. The lowest BCUT2D eigenvalue weighted by Gasteiger charge is -2.40. The molecule has 0 spiro atoms. The van der Waals surface area contributed by atoms with Crippen molar-refractivity contribution in [2.45, 2.75) is 32.7 Å². The third-order valence-corrected chi connectivity index (χ3v) is 6.79. The highest BCUT2D eigenvalue weighted by Gasteiger charge is 2.41. The van der Waals surface area contributed by atoms with Crippen LogP contribution in [0.3, 0.4) is 0 Å². The molecule has 4 heteroatoms. The van der Waals surface area contributed by atoms with Crippen molar-refractivity contribution >= 4 is 50.5 Å². The average molecular weight is 480 g/mol. The molecular formula is C24H21IN2O. The molecule has 1 aliphatic heterocycles. The number of pyridine rings is 1. The number of nitrogens with one attached hydrogen (secondary N) is 1. The Morgan fingerprint density at radius 1 is 1.07 bits per heavy atom. The number of ketones is 1. The molecule has 3 nitrogen and oxygen atoms in total. The van der Waals surface area contributed by atoms with Crippen molar-refractivity contribution in [3.8, 4) is 0 Å². The van der Waals surface area contributed by atoms with Gasteiger partial charge in [0.15, 0.2) is 5.78 Å². The molecular weight excluding hydrogens is 459 g/mol. The molecule has 0 fully saturated rings. The van der Waals surface area contributed by atoms with E-state index in [4.69, 9.17) is 0 Å². The lowest BCUT2D eigenvalue weighted by Crippen LogP contribution is -2.33. The highest BCUT2D eigenvalue weighted by atomic mass is 127. The molecule has 5 rings (SSSR count). The second-order valence-corrected chi connectivity index (χ2v) is 9.65. The van der Waals surface area contributed by atoms with E-state index in [1.165, 1.54) is 14.7 Å². The molecule has 1 aliphatic carbocycles. The first kappa shape index (κ1) is 17.9. The van der Waals surface area contributed by atoms with Gasteiger partial charge in [0.05, 0.1) is 11.6 Å². The molecule has 2 heterocycles. The predicted molar refractivity (Wildman–Crippen MR) is 122 cm³/mol. The van der Waals surface area contributed by atoms with Crippen molar-refractivity contribution in [1.82, 2.24) is 4.98 Å². The van der Waals surface area contributed by atoms with Gasteiger partial charge in [-0.2, -0.15) is 0 Å². The summed E-state index contributed by atoms with van der Waals surface area (Å²) >= 11 is 2.37. The number of allylic oxidation sites excluding steroid dienone is 1. The van der Waals surface area contributed by atoms with E-state index in [0.29, 0.717) is 6.42 Å². The van der Waals surface area contributed by atoms with Crippen LogP contribution in [0, 0.1) is 8.99 Å². The highest BCUT2D eigenvalue weighted by Crippen LogP contribution is 2.52. The van der Waals surface area contributed by atoms with E-state index in [0.717, 1.165) is 34.1 Å². The number of carbonyl (C=O) groups excluding carboxylic acids is 1. The summed E-state index contributed by atoms with van der Waals surface area (Å²) in [5, 5.41) is 4.81. The van der Waals surface area contributed by atoms with Gasteiger partial charge in [-0.05, 0) is 69.8 Å². The van der Waals surface area contributed by atoms with Gasteiger partial charge in [-0.3, -0.25) is 9.78 Å². The maximum Gasteiger partial charge on any atom is 0.162 e. The van der Waals surface area contributed by atoms with Crippen molar-refractivity contribution in [2.75, 3.05) is 5.32 Å². The molecule has 0 bridgehead atoms. The third kappa shape index (κ3) is 2.77. The summed E-state index contributed by atoms with van der Waals surface area (Å²) in [6.45, 7) is 4.39. The average Bonchev–Trinajstić information content (AvgIpc) is 2.66. The topological polar surface area (TPSA) is 42.0 Å². The molecule has 1 aromatic heterocycles. The van der Waals surface area contributed by atoms with Crippen LogP contribution in [0.25, 0.3) is 16.5 Å². The van der Waals surface area contributed by atoms with E-state index < -0.39 is 0 Å². The summed E-state index contributed by atoms with van der Waals surface area (Å²) in [5.41, 5.74) is 6.48. The molecule has 0 radical (unpaired) electrons. The Labute approximate surface area is 178 Å². The Kier molecular flexibility index (Phi) is 4.09. The first-order valence-electron chi connectivity index (χ1n) is 9.60.